The van der Waals surface area contributed by atoms with Gasteiger partial charge in [0.25, 0.3) is 0 Å². The number of rotatable bonds is 5. The summed E-state index contributed by atoms with van der Waals surface area (Å²) >= 11 is 8.09. The molecule has 0 fully saturated rings. The number of halogens is 1. The van der Waals surface area contributed by atoms with Gasteiger partial charge in [-0.3, -0.25) is 9.59 Å². The Morgan fingerprint density at radius 1 is 1.31 bits per heavy atom. The summed E-state index contributed by atoms with van der Waals surface area (Å²) in [4.78, 5) is 28.2. The Kier molecular flexibility index (Phi) is 5.34. The first kappa shape index (κ1) is 19.5. The quantitative estimate of drug-likeness (QED) is 0.593. The van der Waals surface area contributed by atoms with Crippen LogP contribution in [-0.4, -0.2) is 32.7 Å². The Morgan fingerprint density at radius 2 is 2.14 bits per heavy atom. The lowest BCUT2D eigenvalue weighted by Crippen LogP contribution is -2.27. The summed E-state index contributed by atoms with van der Waals surface area (Å²) in [6.45, 7) is 1.97. The third kappa shape index (κ3) is 3.88. The number of thiophene rings is 1. The number of carbonyl (C=O) groups excluding carboxylic acids is 1. The predicted octanol–water partition coefficient (Wildman–Crippen LogP) is 4.80. The Hall–Kier alpha value is -2.77. The summed E-state index contributed by atoms with van der Waals surface area (Å²) in [5.41, 5.74) is 4.28. The number of aliphatic carboxylic acids is 1. The molecule has 1 unspecified atom stereocenters. The van der Waals surface area contributed by atoms with Crippen molar-refractivity contribution in [3.8, 4) is 0 Å². The van der Waals surface area contributed by atoms with E-state index in [2.05, 4.69) is 10.1 Å². The summed E-state index contributed by atoms with van der Waals surface area (Å²) in [6, 6.07) is 9.37. The van der Waals surface area contributed by atoms with Crippen LogP contribution in [0.15, 0.2) is 46.2 Å². The van der Waals surface area contributed by atoms with Gasteiger partial charge >= 0.3 is 5.97 Å². The number of hydrogen-bond donors (Lipinski definition) is 1. The number of carbonyl (C=O) groups is 2. The number of hydrogen-bond acceptors (Lipinski definition) is 5. The maximum Gasteiger partial charge on any atom is 0.303 e. The molecule has 1 atom stereocenters. The lowest BCUT2D eigenvalue weighted by Gasteiger charge is -2.23. The van der Waals surface area contributed by atoms with Crippen LogP contribution >= 0.6 is 22.9 Å². The first-order valence-corrected chi connectivity index (χ1v) is 10.5. The Labute approximate surface area is 176 Å². The number of carboxylic acids is 1. The maximum atomic E-state index is 12.8. The number of carboxylic acid groups (broad SMARTS) is 1. The molecule has 0 bridgehead atoms. The van der Waals surface area contributed by atoms with Crippen molar-refractivity contribution < 1.29 is 14.7 Å². The molecule has 148 valence electrons. The second-order valence-electron chi connectivity index (χ2n) is 6.93. The summed E-state index contributed by atoms with van der Waals surface area (Å²) < 4.78 is 0. The van der Waals surface area contributed by atoms with Gasteiger partial charge in [-0.05, 0) is 35.4 Å². The molecule has 1 aliphatic rings. The van der Waals surface area contributed by atoms with Crippen molar-refractivity contribution in [3.05, 3.63) is 62.9 Å². The molecule has 1 N–H and O–H groups in total. The van der Waals surface area contributed by atoms with E-state index in [0.29, 0.717) is 17.1 Å². The van der Waals surface area contributed by atoms with Gasteiger partial charge in [0.15, 0.2) is 0 Å². The molecule has 0 saturated heterocycles. The van der Waals surface area contributed by atoms with E-state index in [1.165, 1.54) is 5.01 Å². The van der Waals surface area contributed by atoms with E-state index in [4.69, 9.17) is 16.7 Å². The number of fused-ring (bicyclic) bond motifs is 1. The van der Waals surface area contributed by atoms with Crippen LogP contribution in [0.3, 0.4) is 0 Å². The molecule has 0 spiro atoms. The van der Waals surface area contributed by atoms with Crippen LogP contribution in [0.4, 0.5) is 0 Å². The van der Waals surface area contributed by atoms with Crippen molar-refractivity contribution in [1.29, 1.82) is 0 Å². The van der Waals surface area contributed by atoms with Crippen LogP contribution in [0.5, 0.6) is 0 Å². The zero-order valence-corrected chi connectivity index (χ0v) is 17.2. The fraction of sp³-hybridized carbons (Fsp3) is 0.238. The van der Waals surface area contributed by atoms with Gasteiger partial charge in [0.2, 0.25) is 5.91 Å². The van der Waals surface area contributed by atoms with Crippen molar-refractivity contribution in [2.24, 2.45) is 5.10 Å². The zero-order valence-electron chi connectivity index (χ0n) is 15.6. The van der Waals surface area contributed by atoms with E-state index in [-0.39, 0.29) is 18.7 Å². The molecule has 4 rings (SSSR count). The van der Waals surface area contributed by atoms with Gasteiger partial charge in [-0.25, -0.2) is 9.99 Å². The van der Waals surface area contributed by atoms with E-state index in [1.54, 1.807) is 11.3 Å². The van der Waals surface area contributed by atoms with Gasteiger partial charge in [-0.15, -0.1) is 0 Å². The van der Waals surface area contributed by atoms with Crippen LogP contribution in [0.25, 0.3) is 10.9 Å². The molecule has 1 amide bonds. The predicted molar refractivity (Wildman–Crippen MR) is 113 cm³/mol. The molecular weight excluding hydrogens is 410 g/mol. The average Bonchev–Trinajstić information content (AvgIpc) is 3.36. The first-order chi connectivity index (χ1) is 13.9. The SMILES string of the molecule is Cc1cccc2cc(C3CC(c4ccsc4)=NN3C(=O)CCC(=O)O)c(Cl)nc12. The summed E-state index contributed by atoms with van der Waals surface area (Å²) in [6.07, 6.45) is 0.131. The fourth-order valence-electron chi connectivity index (χ4n) is 3.49. The lowest BCUT2D eigenvalue weighted by atomic mass is 9.98. The highest BCUT2D eigenvalue weighted by Gasteiger charge is 2.35. The minimum absolute atomic E-state index is 0.121. The molecule has 3 heterocycles. The monoisotopic (exact) mass is 427 g/mol. The van der Waals surface area contributed by atoms with Crippen LogP contribution in [-0.2, 0) is 9.59 Å². The Morgan fingerprint density at radius 3 is 2.86 bits per heavy atom. The number of aryl methyl sites for hydroxylation is 1. The molecule has 1 aliphatic heterocycles. The molecule has 2 aromatic heterocycles. The molecule has 8 heteroatoms. The molecule has 3 aromatic rings. The van der Waals surface area contributed by atoms with Gasteiger partial charge in [0.05, 0.1) is 23.7 Å². The zero-order chi connectivity index (χ0) is 20.5. The Balaban J connectivity index is 1.74. The summed E-state index contributed by atoms with van der Waals surface area (Å²) in [5.74, 6) is -1.36. The minimum Gasteiger partial charge on any atom is -0.481 e. The number of aromatic nitrogens is 1. The van der Waals surface area contributed by atoms with Gasteiger partial charge in [-0.1, -0.05) is 29.8 Å². The molecule has 6 nitrogen and oxygen atoms in total. The van der Waals surface area contributed by atoms with E-state index < -0.39 is 12.0 Å². The number of hydrazone groups is 1. The molecular formula is C21H18ClN3O3S. The first-order valence-electron chi connectivity index (χ1n) is 9.13. The van der Waals surface area contributed by atoms with Crippen molar-refractivity contribution in [1.82, 2.24) is 9.99 Å². The second kappa shape index (κ2) is 7.93. The topological polar surface area (TPSA) is 82.9 Å². The number of amides is 1. The van der Waals surface area contributed by atoms with E-state index >= 15 is 0 Å². The largest absolute Gasteiger partial charge is 0.481 e. The third-order valence-electron chi connectivity index (χ3n) is 4.96. The number of para-hydroxylation sites is 1. The highest BCUT2D eigenvalue weighted by atomic mass is 35.5. The van der Waals surface area contributed by atoms with E-state index in [0.717, 1.165) is 27.7 Å². The molecule has 1 aromatic carbocycles. The van der Waals surface area contributed by atoms with Gasteiger partial charge in [-0.2, -0.15) is 16.4 Å². The minimum atomic E-state index is -1.02. The Bertz CT molecular complexity index is 1130. The van der Waals surface area contributed by atoms with Gasteiger partial charge in [0.1, 0.15) is 5.15 Å². The van der Waals surface area contributed by atoms with Crippen LogP contribution in [0, 0.1) is 6.92 Å². The van der Waals surface area contributed by atoms with Crippen molar-refractivity contribution in [3.63, 3.8) is 0 Å². The van der Waals surface area contributed by atoms with Crippen LogP contribution in [0.1, 0.15) is 42.0 Å². The smallest absolute Gasteiger partial charge is 0.303 e. The van der Waals surface area contributed by atoms with Crippen LogP contribution in [0.2, 0.25) is 5.15 Å². The average molecular weight is 428 g/mol. The molecule has 0 saturated carbocycles. The van der Waals surface area contributed by atoms with E-state index in [1.807, 2.05) is 48.0 Å². The number of nitrogens with zero attached hydrogens (tertiary/aromatic N) is 3. The summed E-state index contributed by atoms with van der Waals surface area (Å²) in [5, 5.41) is 20.0. The van der Waals surface area contributed by atoms with Gasteiger partial charge in [0, 0.05) is 29.4 Å². The lowest BCUT2D eigenvalue weighted by molar-refractivity contribution is -0.141. The van der Waals surface area contributed by atoms with Crippen LogP contribution < -0.4 is 0 Å². The van der Waals surface area contributed by atoms with Crippen molar-refractivity contribution >= 4 is 51.4 Å². The highest BCUT2D eigenvalue weighted by Crippen LogP contribution is 2.38. The number of pyridine rings is 1. The fourth-order valence-corrected chi connectivity index (χ4v) is 4.42. The molecule has 29 heavy (non-hydrogen) atoms. The van der Waals surface area contributed by atoms with Crippen molar-refractivity contribution in [2.45, 2.75) is 32.2 Å². The molecule has 0 radical (unpaired) electrons. The molecule has 0 aliphatic carbocycles. The standard InChI is InChI=1S/C21H18ClN3O3S/c1-12-3-2-4-13-9-15(21(22)23-20(12)13)17-10-16(14-7-8-29-11-14)24-25(17)18(26)5-6-19(27)28/h2-4,7-9,11,17H,5-6,10H2,1H3,(H,27,28). The van der Waals surface area contributed by atoms with Gasteiger partial charge < -0.3 is 5.11 Å². The highest BCUT2D eigenvalue weighted by molar-refractivity contribution is 7.08. The second-order valence-corrected chi connectivity index (χ2v) is 8.06. The maximum absolute atomic E-state index is 12.8. The van der Waals surface area contributed by atoms with Crippen molar-refractivity contribution in [2.75, 3.05) is 0 Å². The third-order valence-corrected chi connectivity index (χ3v) is 5.95. The van der Waals surface area contributed by atoms with E-state index in [9.17, 15) is 9.59 Å². The number of benzene rings is 1. The summed E-state index contributed by atoms with van der Waals surface area (Å²) in [7, 11) is 0. The normalized spacial score (nSPS) is 16.3.